The Balaban J connectivity index is 1.51. The number of carbonyl (C=O) groups is 5. The van der Waals surface area contributed by atoms with Crippen molar-refractivity contribution in [1.82, 2.24) is 20.9 Å². The SMILES string of the molecule is CCC(C)CNC(=O)C(C)NC(=O)C(Cc1ccc(OC)cc1)NC(=O)CCC1CSC(CC(O)CC(C)CC(OC(=O)C2CCCN2C=O)C(C)(C)C)=N1. The second-order valence-corrected chi connectivity index (χ2v) is 17.5. The lowest BCUT2D eigenvalue weighted by Gasteiger charge is -2.34. The molecule has 8 unspecified atom stereocenters. The highest BCUT2D eigenvalue weighted by Crippen LogP contribution is 2.32. The summed E-state index contributed by atoms with van der Waals surface area (Å²) in [6, 6.07) is 4.97. The van der Waals surface area contributed by atoms with E-state index in [1.54, 1.807) is 37.9 Å². The predicted octanol–water partition coefficient (Wildman–Crippen LogP) is 4.43. The number of nitrogens with one attached hydrogen (secondary N) is 3. The number of ether oxygens (including phenoxy) is 2. The van der Waals surface area contributed by atoms with Gasteiger partial charge in [-0.3, -0.25) is 24.2 Å². The highest BCUT2D eigenvalue weighted by atomic mass is 32.2. The van der Waals surface area contributed by atoms with Crippen LogP contribution in [0.3, 0.4) is 0 Å². The van der Waals surface area contributed by atoms with E-state index in [2.05, 4.69) is 22.9 Å². The van der Waals surface area contributed by atoms with Gasteiger partial charge >= 0.3 is 5.97 Å². The molecule has 0 aliphatic carbocycles. The Labute approximate surface area is 331 Å². The molecule has 4 N–H and O–H groups in total. The van der Waals surface area contributed by atoms with Gasteiger partial charge in [-0.2, -0.15) is 0 Å². The number of rotatable bonds is 22. The van der Waals surface area contributed by atoms with Gasteiger partial charge in [0.25, 0.3) is 0 Å². The van der Waals surface area contributed by atoms with Gasteiger partial charge in [-0.15, -0.1) is 11.8 Å². The third-order valence-corrected chi connectivity index (χ3v) is 11.6. The molecule has 2 aliphatic heterocycles. The van der Waals surface area contributed by atoms with Crippen LogP contribution in [0.5, 0.6) is 5.75 Å². The number of amides is 4. The highest BCUT2D eigenvalue weighted by Gasteiger charge is 2.37. The number of hydrogen-bond donors (Lipinski definition) is 4. The van der Waals surface area contributed by atoms with Crippen LogP contribution >= 0.6 is 11.8 Å². The van der Waals surface area contributed by atoms with Crippen LogP contribution in [0.25, 0.3) is 0 Å². The molecule has 1 saturated heterocycles. The molecule has 2 heterocycles. The van der Waals surface area contributed by atoms with Crippen LogP contribution in [0.2, 0.25) is 0 Å². The fraction of sp³-hybridized carbons (Fsp3) is 0.707. The van der Waals surface area contributed by atoms with Crippen molar-refractivity contribution in [3.05, 3.63) is 29.8 Å². The molecule has 1 aromatic carbocycles. The van der Waals surface area contributed by atoms with Gasteiger partial charge in [0.2, 0.25) is 24.1 Å². The number of nitrogens with zero attached hydrogens (tertiary/aromatic N) is 2. The Bertz CT molecular complexity index is 1450. The van der Waals surface area contributed by atoms with E-state index in [4.69, 9.17) is 14.5 Å². The molecule has 1 aromatic rings. The number of carbonyl (C=O) groups excluding carboxylic acids is 5. The monoisotopic (exact) mass is 787 g/mol. The fourth-order valence-corrected chi connectivity index (χ4v) is 7.79. The highest BCUT2D eigenvalue weighted by molar-refractivity contribution is 8.14. The molecule has 0 bridgehead atoms. The Morgan fingerprint density at radius 1 is 1.04 bits per heavy atom. The van der Waals surface area contributed by atoms with Crippen molar-refractivity contribution in [3.63, 3.8) is 0 Å². The van der Waals surface area contributed by atoms with Gasteiger partial charge in [0, 0.05) is 38.1 Å². The van der Waals surface area contributed by atoms with Crippen LogP contribution in [0.4, 0.5) is 0 Å². The van der Waals surface area contributed by atoms with Gasteiger partial charge in [0.15, 0.2) is 0 Å². The number of likely N-dealkylation sites (tertiary alicyclic amines) is 1. The molecular formula is C41H65N5O8S. The summed E-state index contributed by atoms with van der Waals surface area (Å²) in [7, 11) is 1.58. The summed E-state index contributed by atoms with van der Waals surface area (Å²) in [5, 5.41) is 20.4. The average molecular weight is 788 g/mol. The minimum absolute atomic E-state index is 0.0643. The summed E-state index contributed by atoms with van der Waals surface area (Å²) in [6.07, 6.45) is 4.42. The van der Waals surface area contributed by atoms with Crippen LogP contribution in [-0.4, -0.2) is 107 Å². The summed E-state index contributed by atoms with van der Waals surface area (Å²) >= 11 is 1.58. The molecule has 13 nitrogen and oxygen atoms in total. The molecule has 4 amide bonds. The largest absolute Gasteiger partial charge is 0.497 e. The fourth-order valence-electron chi connectivity index (χ4n) is 6.63. The molecule has 2 aliphatic rings. The molecular weight excluding hydrogens is 723 g/mol. The number of benzene rings is 1. The average Bonchev–Trinajstić information content (AvgIpc) is 3.81. The summed E-state index contributed by atoms with van der Waals surface area (Å²) in [4.78, 5) is 69.9. The van der Waals surface area contributed by atoms with Gasteiger partial charge in [-0.25, -0.2) is 4.79 Å². The predicted molar refractivity (Wildman–Crippen MR) is 216 cm³/mol. The summed E-state index contributed by atoms with van der Waals surface area (Å²) in [6.45, 7) is 14.9. The number of hydrogen-bond acceptors (Lipinski definition) is 10. The van der Waals surface area contributed by atoms with E-state index in [-0.39, 0.29) is 54.1 Å². The first kappa shape index (κ1) is 45.7. The van der Waals surface area contributed by atoms with Crippen LogP contribution < -0.4 is 20.7 Å². The second kappa shape index (κ2) is 22.2. The zero-order chi connectivity index (χ0) is 40.7. The number of esters is 1. The number of aliphatic imine (C=N–C) groups is 1. The molecule has 0 aromatic heterocycles. The number of aliphatic hydroxyl groups is 1. The number of thioether (sulfide) groups is 1. The lowest BCUT2D eigenvalue weighted by atomic mass is 9.82. The van der Waals surface area contributed by atoms with E-state index >= 15 is 0 Å². The van der Waals surface area contributed by atoms with Crippen molar-refractivity contribution in [2.75, 3.05) is 26.0 Å². The van der Waals surface area contributed by atoms with Gasteiger partial charge < -0.3 is 35.4 Å². The van der Waals surface area contributed by atoms with Crippen molar-refractivity contribution in [2.45, 2.75) is 143 Å². The maximum absolute atomic E-state index is 13.4. The van der Waals surface area contributed by atoms with Crippen molar-refractivity contribution in [3.8, 4) is 5.75 Å². The number of aliphatic hydroxyl groups excluding tert-OH is 1. The molecule has 0 radical (unpaired) electrons. The summed E-state index contributed by atoms with van der Waals surface area (Å²) in [5.74, 6) is 0.384. The smallest absolute Gasteiger partial charge is 0.329 e. The van der Waals surface area contributed by atoms with Gasteiger partial charge in [-0.05, 0) is 74.0 Å². The minimum atomic E-state index is -0.894. The van der Waals surface area contributed by atoms with Gasteiger partial charge in [0.1, 0.15) is 30.0 Å². The van der Waals surface area contributed by atoms with Crippen LogP contribution in [0, 0.1) is 17.3 Å². The Kier molecular flexibility index (Phi) is 18.4. The Hall–Kier alpha value is -3.65. The maximum Gasteiger partial charge on any atom is 0.329 e. The number of methoxy groups -OCH3 is 1. The maximum atomic E-state index is 13.4. The molecule has 308 valence electrons. The Morgan fingerprint density at radius 3 is 2.38 bits per heavy atom. The van der Waals surface area contributed by atoms with E-state index in [9.17, 15) is 29.1 Å². The molecule has 8 atom stereocenters. The summed E-state index contributed by atoms with van der Waals surface area (Å²) in [5.41, 5.74) is 0.514. The van der Waals surface area contributed by atoms with Crippen molar-refractivity contribution in [1.29, 1.82) is 0 Å². The van der Waals surface area contributed by atoms with E-state index in [1.807, 2.05) is 46.8 Å². The topological polar surface area (TPSA) is 176 Å². The first-order valence-corrected chi connectivity index (χ1v) is 20.8. The van der Waals surface area contributed by atoms with Crippen molar-refractivity contribution < 1.29 is 38.6 Å². The molecule has 14 heteroatoms. The zero-order valence-electron chi connectivity index (χ0n) is 34.1. The zero-order valence-corrected chi connectivity index (χ0v) is 34.9. The van der Waals surface area contributed by atoms with Crippen molar-refractivity contribution in [2.24, 2.45) is 22.2 Å². The second-order valence-electron chi connectivity index (χ2n) is 16.4. The van der Waals surface area contributed by atoms with E-state index in [0.29, 0.717) is 62.6 Å². The molecule has 0 saturated carbocycles. The lowest BCUT2D eigenvalue weighted by Crippen LogP contribution is -2.53. The van der Waals surface area contributed by atoms with E-state index in [1.165, 1.54) is 4.90 Å². The lowest BCUT2D eigenvalue weighted by molar-refractivity contribution is -0.162. The summed E-state index contributed by atoms with van der Waals surface area (Å²) < 4.78 is 11.2. The normalized spacial score (nSPS) is 20.3. The first-order chi connectivity index (χ1) is 26.0. The molecule has 3 rings (SSSR count). The van der Waals surface area contributed by atoms with E-state index < -0.39 is 30.1 Å². The quantitative estimate of drug-likeness (QED) is 0.0979. The van der Waals surface area contributed by atoms with Crippen molar-refractivity contribution >= 4 is 46.9 Å². The van der Waals surface area contributed by atoms with E-state index in [0.717, 1.165) is 29.9 Å². The molecule has 55 heavy (non-hydrogen) atoms. The van der Waals surface area contributed by atoms with Gasteiger partial charge in [-0.1, -0.05) is 60.1 Å². The molecule has 0 spiro atoms. The minimum Gasteiger partial charge on any atom is -0.497 e. The third-order valence-electron chi connectivity index (χ3n) is 10.4. The third kappa shape index (κ3) is 15.4. The first-order valence-electron chi connectivity index (χ1n) is 19.8. The standard InChI is InChI=1S/C41H65N5O8S/c1-9-26(2)23-42-38(50)28(4)43-39(51)33(21-29-12-15-32(53-8)16-13-29)45-36(49)17-14-30-24-55-37(44-30)22-31(48)19-27(3)20-35(41(5,6)7)54-40(52)34-11-10-18-46(34)25-47/h12-13,15-16,25-28,30-31,33-35,48H,9-11,14,17-24H2,1-8H3,(H,42,50)(H,43,51)(H,45,49). The van der Waals surface area contributed by atoms with Gasteiger partial charge in [0.05, 0.1) is 24.3 Å². The Morgan fingerprint density at radius 2 is 1.75 bits per heavy atom. The van der Waals surface area contributed by atoms with Crippen LogP contribution in [-0.2, 0) is 35.1 Å². The molecule has 1 fully saturated rings. The van der Waals surface area contributed by atoms with Crippen LogP contribution in [0.15, 0.2) is 29.3 Å². The van der Waals surface area contributed by atoms with Crippen LogP contribution in [0.1, 0.15) is 105 Å².